The summed E-state index contributed by atoms with van der Waals surface area (Å²) in [6, 6.07) is 17.0. The lowest BCUT2D eigenvalue weighted by molar-refractivity contribution is 0.0303. The van der Waals surface area contributed by atoms with Gasteiger partial charge in [0.15, 0.2) is 0 Å². The van der Waals surface area contributed by atoms with Gasteiger partial charge in [-0.05, 0) is 67.8 Å². The van der Waals surface area contributed by atoms with Crippen LogP contribution in [0.4, 0.5) is 5.69 Å². The van der Waals surface area contributed by atoms with Crippen LogP contribution in [0.3, 0.4) is 0 Å². The van der Waals surface area contributed by atoms with Gasteiger partial charge in [-0.2, -0.15) is 0 Å². The molecule has 2 fully saturated rings. The minimum atomic E-state index is 0.106. The number of rotatable bonds is 7. The molecule has 2 aliphatic heterocycles. The van der Waals surface area contributed by atoms with E-state index >= 15 is 0 Å². The molecule has 0 saturated carbocycles. The highest BCUT2D eigenvalue weighted by Gasteiger charge is 2.21. The van der Waals surface area contributed by atoms with E-state index in [1.807, 2.05) is 29.2 Å². The summed E-state index contributed by atoms with van der Waals surface area (Å²) in [4.78, 5) is 16.9. The second-order valence-corrected chi connectivity index (χ2v) is 8.26. The number of hydrogen-bond acceptors (Lipinski definition) is 5. The number of ether oxygens (including phenoxy) is 2. The number of hydrogen-bond donors (Lipinski definition) is 1. The lowest BCUT2D eigenvalue weighted by Gasteiger charge is -2.34. The summed E-state index contributed by atoms with van der Waals surface area (Å²) in [5.74, 6) is 1.01. The van der Waals surface area contributed by atoms with Crippen molar-refractivity contribution in [2.45, 2.75) is 25.3 Å². The number of benzene rings is 2. The van der Waals surface area contributed by atoms with E-state index < -0.39 is 0 Å². The molecule has 2 aliphatic rings. The zero-order valence-electron chi connectivity index (χ0n) is 18.4. The summed E-state index contributed by atoms with van der Waals surface area (Å²) < 4.78 is 10.6. The fourth-order valence-corrected chi connectivity index (χ4v) is 4.32. The van der Waals surface area contributed by atoms with E-state index in [-0.39, 0.29) is 5.91 Å². The number of methoxy groups -OCH3 is 1. The van der Waals surface area contributed by atoms with Gasteiger partial charge in [-0.15, -0.1) is 0 Å². The molecule has 6 heteroatoms. The van der Waals surface area contributed by atoms with Crippen molar-refractivity contribution >= 4 is 11.6 Å². The first-order valence-corrected chi connectivity index (χ1v) is 11.3. The highest BCUT2D eigenvalue weighted by atomic mass is 16.5. The van der Waals surface area contributed by atoms with Gasteiger partial charge < -0.3 is 24.6 Å². The average molecular weight is 424 g/mol. The van der Waals surface area contributed by atoms with E-state index in [4.69, 9.17) is 9.47 Å². The van der Waals surface area contributed by atoms with Crippen molar-refractivity contribution in [3.05, 3.63) is 59.7 Å². The lowest BCUT2D eigenvalue weighted by Crippen LogP contribution is -2.43. The van der Waals surface area contributed by atoms with Crippen LogP contribution >= 0.6 is 0 Å². The first-order valence-electron chi connectivity index (χ1n) is 11.3. The molecule has 0 bridgehead atoms. The fourth-order valence-electron chi connectivity index (χ4n) is 4.32. The van der Waals surface area contributed by atoms with E-state index in [1.54, 1.807) is 7.11 Å². The molecule has 0 atom stereocenters. The van der Waals surface area contributed by atoms with Crippen LogP contribution in [0, 0.1) is 0 Å². The Hall–Kier alpha value is -2.57. The molecule has 2 aromatic carbocycles. The third-order valence-corrected chi connectivity index (χ3v) is 6.28. The maximum absolute atomic E-state index is 12.6. The van der Waals surface area contributed by atoms with Crippen LogP contribution in [0.25, 0.3) is 0 Å². The van der Waals surface area contributed by atoms with E-state index in [0.717, 1.165) is 50.2 Å². The number of anilines is 1. The molecule has 0 unspecified atom stereocenters. The molecule has 166 valence electrons. The third-order valence-electron chi connectivity index (χ3n) is 6.28. The largest absolute Gasteiger partial charge is 0.497 e. The van der Waals surface area contributed by atoms with Crippen molar-refractivity contribution in [1.29, 1.82) is 0 Å². The highest BCUT2D eigenvalue weighted by molar-refractivity contribution is 5.94. The number of nitrogens with one attached hydrogen (secondary N) is 1. The number of carbonyl (C=O) groups excluding carboxylic acids is 1. The van der Waals surface area contributed by atoms with E-state index in [0.29, 0.717) is 32.3 Å². The van der Waals surface area contributed by atoms with Crippen LogP contribution in [-0.2, 0) is 11.2 Å². The summed E-state index contributed by atoms with van der Waals surface area (Å²) >= 11 is 0. The molecule has 1 amide bonds. The Kier molecular flexibility index (Phi) is 7.43. The summed E-state index contributed by atoms with van der Waals surface area (Å²) in [7, 11) is 1.70. The van der Waals surface area contributed by atoms with Crippen LogP contribution in [0.15, 0.2) is 48.5 Å². The molecule has 0 aromatic heterocycles. The molecular formula is C25H33N3O3. The SMILES string of the molecule is COc1ccc(CCNC2CCN(c3ccc(C(=O)N4CCOCC4)cc3)CC2)cc1. The Morgan fingerprint density at radius 3 is 2.32 bits per heavy atom. The Labute approximate surface area is 185 Å². The monoisotopic (exact) mass is 423 g/mol. The quantitative estimate of drug-likeness (QED) is 0.742. The highest BCUT2D eigenvalue weighted by Crippen LogP contribution is 2.21. The van der Waals surface area contributed by atoms with Crippen molar-refractivity contribution in [1.82, 2.24) is 10.2 Å². The van der Waals surface area contributed by atoms with Crippen LogP contribution in [0.5, 0.6) is 5.75 Å². The van der Waals surface area contributed by atoms with Crippen molar-refractivity contribution in [2.75, 3.05) is 57.9 Å². The number of piperidine rings is 1. The van der Waals surface area contributed by atoms with Crippen LogP contribution in [0.1, 0.15) is 28.8 Å². The fraction of sp³-hybridized carbons (Fsp3) is 0.480. The first-order chi connectivity index (χ1) is 15.2. The van der Waals surface area contributed by atoms with Gasteiger partial charge in [-0.1, -0.05) is 12.1 Å². The van der Waals surface area contributed by atoms with Gasteiger partial charge >= 0.3 is 0 Å². The third kappa shape index (κ3) is 5.77. The summed E-state index contributed by atoms with van der Waals surface area (Å²) in [5, 5.41) is 3.71. The molecule has 2 saturated heterocycles. The van der Waals surface area contributed by atoms with Crippen molar-refractivity contribution in [3.8, 4) is 5.75 Å². The minimum absolute atomic E-state index is 0.106. The Balaban J connectivity index is 1.20. The zero-order valence-corrected chi connectivity index (χ0v) is 18.4. The van der Waals surface area contributed by atoms with E-state index in [9.17, 15) is 4.79 Å². The first kappa shape index (κ1) is 21.7. The smallest absolute Gasteiger partial charge is 0.254 e. The number of carbonyl (C=O) groups is 1. The normalized spacial score (nSPS) is 17.6. The molecular weight excluding hydrogens is 390 g/mol. The summed E-state index contributed by atoms with van der Waals surface area (Å²) in [5.41, 5.74) is 3.30. The Bertz CT molecular complexity index is 824. The number of nitrogens with zero attached hydrogens (tertiary/aromatic N) is 2. The van der Waals surface area contributed by atoms with Gasteiger partial charge in [-0.3, -0.25) is 4.79 Å². The number of morpholine rings is 1. The standard InChI is InChI=1S/C25H33N3O3/c1-30-24-8-2-20(3-9-24)10-13-26-22-11-14-27(15-12-22)23-6-4-21(5-7-23)25(29)28-16-18-31-19-17-28/h2-9,22,26H,10-19H2,1H3. The molecule has 2 heterocycles. The van der Waals surface area contributed by atoms with Crippen LogP contribution in [0.2, 0.25) is 0 Å². The molecule has 31 heavy (non-hydrogen) atoms. The summed E-state index contributed by atoms with van der Waals surface area (Å²) in [6.07, 6.45) is 3.30. The molecule has 0 spiro atoms. The summed E-state index contributed by atoms with van der Waals surface area (Å²) in [6.45, 7) is 5.70. The second kappa shape index (κ2) is 10.6. The van der Waals surface area contributed by atoms with E-state index in [1.165, 1.54) is 11.3 Å². The van der Waals surface area contributed by atoms with Crippen molar-refractivity contribution < 1.29 is 14.3 Å². The predicted molar refractivity (Wildman–Crippen MR) is 123 cm³/mol. The Morgan fingerprint density at radius 2 is 1.68 bits per heavy atom. The van der Waals surface area contributed by atoms with Crippen LogP contribution in [-0.4, -0.2) is 69.9 Å². The van der Waals surface area contributed by atoms with Crippen LogP contribution < -0.4 is 15.0 Å². The van der Waals surface area contributed by atoms with Crippen molar-refractivity contribution in [3.63, 3.8) is 0 Å². The Morgan fingerprint density at radius 1 is 1.00 bits per heavy atom. The van der Waals surface area contributed by atoms with Crippen molar-refractivity contribution in [2.24, 2.45) is 0 Å². The van der Waals surface area contributed by atoms with Gasteiger partial charge in [0, 0.05) is 43.5 Å². The molecule has 4 rings (SSSR count). The van der Waals surface area contributed by atoms with Gasteiger partial charge in [0.25, 0.3) is 5.91 Å². The minimum Gasteiger partial charge on any atom is -0.497 e. The average Bonchev–Trinajstić information content (AvgIpc) is 2.85. The predicted octanol–water partition coefficient (Wildman–Crippen LogP) is 2.97. The van der Waals surface area contributed by atoms with E-state index in [2.05, 4.69) is 34.5 Å². The molecule has 0 aliphatic carbocycles. The zero-order chi connectivity index (χ0) is 21.5. The van der Waals surface area contributed by atoms with Gasteiger partial charge in [-0.25, -0.2) is 0 Å². The topological polar surface area (TPSA) is 54.0 Å². The maximum atomic E-state index is 12.6. The van der Waals surface area contributed by atoms with Gasteiger partial charge in [0.2, 0.25) is 0 Å². The lowest BCUT2D eigenvalue weighted by atomic mass is 10.0. The maximum Gasteiger partial charge on any atom is 0.254 e. The number of amides is 1. The second-order valence-electron chi connectivity index (χ2n) is 8.26. The molecule has 1 N–H and O–H groups in total. The van der Waals surface area contributed by atoms with Gasteiger partial charge in [0.05, 0.1) is 20.3 Å². The molecule has 6 nitrogen and oxygen atoms in total. The molecule has 2 aromatic rings. The van der Waals surface area contributed by atoms with Gasteiger partial charge in [0.1, 0.15) is 5.75 Å². The molecule has 0 radical (unpaired) electrons.